The molecule has 1 atom stereocenters. The number of carbonyl (C=O) groups is 2. The molecule has 6 rings (SSSR count). The van der Waals surface area contributed by atoms with E-state index in [1.807, 2.05) is 48.5 Å². The molecule has 0 bridgehead atoms. The topological polar surface area (TPSA) is 103 Å². The number of aromatic amines is 1. The lowest BCUT2D eigenvalue weighted by Gasteiger charge is -2.14. The first-order valence-corrected chi connectivity index (χ1v) is 15.7. The number of nitrogens with one attached hydrogen (secondary N) is 3. The van der Waals surface area contributed by atoms with Crippen molar-refractivity contribution in [2.24, 2.45) is 0 Å². The van der Waals surface area contributed by atoms with Crippen LogP contribution in [0.2, 0.25) is 0 Å². The van der Waals surface area contributed by atoms with Crippen LogP contribution in [0.5, 0.6) is 5.75 Å². The zero-order chi connectivity index (χ0) is 32.0. The fraction of sp³-hybridized carbons (Fsp3) is 0.135. The van der Waals surface area contributed by atoms with Gasteiger partial charge in [0.25, 0.3) is 11.8 Å². The summed E-state index contributed by atoms with van der Waals surface area (Å²) < 4.78 is 19.6. The van der Waals surface area contributed by atoms with Crippen LogP contribution in [0.3, 0.4) is 0 Å². The maximum atomic E-state index is 13.5. The molecule has 0 fully saturated rings. The summed E-state index contributed by atoms with van der Waals surface area (Å²) in [5.41, 5.74) is 5.82. The quantitative estimate of drug-likeness (QED) is 0.117. The van der Waals surface area contributed by atoms with Crippen LogP contribution in [0.4, 0.5) is 10.1 Å². The second-order valence-corrected chi connectivity index (χ2v) is 12.0. The van der Waals surface area contributed by atoms with Crippen molar-refractivity contribution in [3.8, 4) is 27.3 Å². The Bertz CT molecular complexity index is 1980. The fourth-order valence-electron chi connectivity index (χ4n) is 5.10. The van der Waals surface area contributed by atoms with Gasteiger partial charge in [-0.15, -0.1) is 11.3 Å². The van der Waals surface area contributed by atoms with E-state index in [1.54, 1.807) is 24.3 Å². The molecule has 1 unspecified atom stereocenters. The second-order valence-electron chi connectivity index (χ2n) is 11.0. The highest BCUT2D eigenvalue weighted by molar-refractivity contribution is 7.17. The number of ether oxygens (including phenoxy) is 1. The molecule has 9 heteroatoms. The summed E-state index contributed by atoms with van der Waals surface area (Å²) in [7, 11) is 0. The Morgan fingerprint density at radius 1 is 0.870 bits per heavy atom. The maximum absolute atomic E-state index is 13.5. The van der Waals surface area contributed by atoms with Gasteiger partial charge >= 0.3 is 0 Å². The number of halogens is 1. The molecular formula is C37H32FN3O4S. The molecule has 0 saturated carbocycles. The van der Waals surface area contributed by atoms with E-state index in [1.165, 1.54) is 23.5 Å². The highest BCUT2D eigenvalue weighted by Gasteiger charge is 2.13. The molecule has 0 aliphatic carbocycles. The number of hydrogen-bond donors (Lipinski definition) is 4. The van der Waals surface area contributed by atoms with Crippen LogP contribution < -0.4 is 15.4 Å². The number of carbonyl (C=O) groups excluding carboxylic acids is 2. The van der Waals surface area contributed by atoms with Gasteiger partial charge in [-0.2, -0.15) is 0 Å². The van der Waals surface area contributed by atoms with Gasteiger partial charge in [-0.3, -0.25) is 9.59 Å². The highest BCUT2D eigenvalue weighted by Crippen LogP contribution is 2.31. The Kier molecular flexibility index (Phi) is 9.23. The van der Waals surface area contributed by atoms with Crippen LogP contribution in [-0.4, -0.2) is 41.7 Å². The molecule has 6 aromatic rings. The van der Waals surface area contributed by atoms with Crippen molar-refractivity contribution < 1.29 is 23.8 Å². The Morgan fingerprint density at radius 2 is 1.63 bits per heavy atom. The van der Waals surface area contributed by atoms with Gasteiger partial charge in [0.05, 0.1) is 18.1 Å². The summed E-state index contributed by atoms with van der Waals surface area (Å²) >= 11 is 1.42. The van der Waals surface area contributed by atoms with Crippen LogP contribution >= 0.6 is 11.3 Å². The Labute approximate surface area is 269 Å². The lowest BCUT2D eigenvalue weighted by Crippen LogP contribution is -2.25. The van der Waals surface area contributed by atoms with Crippen molar-refractivity contribution in [1.29, 1.82) is 0 Å². The average Bonchev–Trinajstić information content (AvgIpc) is 3.74. The van der Waals surface area contributed by atoms with E-state index < -0.39 is 5.82 Å². The van der Waals surface area contributed by atoms with E-state index in [-0.39, 0.29) is 30.9 Å². The second kappa shape index (κ2) is 13.8. The van der Waals surface area contributed by atoms with Crippen LogP contribution in [0, 0.1) is 5.82 Å². The Balaban J connectivity index is 1.05. The summed E-state index contributed by atoms with van der Waals surface area (Å²) in [6.07, 6.45) is 0. The number of amides is 2. The molecule has 0 spiro atoms. The van der Waals surface area contributed by atoms with Gasteiger partial charge in [-0.05, 0) is 76.9 Å². The van der Waals surface area contributed by atoms with Gasteiger partial charge < -0.3 is 25.5 Å². The SMILES string of the molecule is CC(COc1ccc(-c2ccc3cc(C(=O)Nc4cccc(F)c4)[nH]c3c2)cc1)c1ccc(-c2ccc(C(=O)NCCO)s2)cc1. The minimum atomic E-state index is -0.412. The summed E-state index contributed by atoms with van der Waals surface area (Å²) in [5.74, 6) is 0.00907. The Hall–Kier alpha value is -5.25. The third-order valence-corrected chi connectivity index (χ3v) is 8.76. The number of benzene rings is 4. The average molecular weight is 634 g/mol. The van der Waals surface area contributed by atoms with E-state index in [4.69, 9.17) is 9.84 Å². The molecule has 4 N–H and O–H groups in total. The first-order valence-electron chi connectivity index (χ1n) is 14.9. The molecular weight excluding hydrogens is 601 g/mol. The highest BCUT2D eigenvalue weighted by atomic mass is 32.1. The number of hydrogen-bond acceptors (Lipinski definition) is 5. The standard InChI is InChI=1S/C37H32FN3O4S/c1-23(24-5-7-26(8-6-24)34-15-16-35(46-34)37(44)39-17-18-42)22-45-31-13-11-25(12-14-31)27-9-10-28-20-33(41-32(28)19-27)36(43)40-30-4-2-3-29(38)21-30/h2-16,19-21,23,41-42H,17-18,22H2,1H3,(H,39,44)(H,40,43). The minimum absolute atomic E-state index is 0.0865. The zero-order valence-electron chi connectivity index (χ0n) is 25.0. The zero-order valence-corrected chi connectivity index (χ0v) is 25.9. The number of rotatable bonds is 11. The summed E-state index contributed by atoms with van der Waals surface area (Å²) in [6, 6.07) is 33.5. The number of aliphatic hydroxyl groups excluding tert-OH is 1. The predicted molar refractivity (Wildman–Crippen MR) is 181 cm³/mol. The van der Waals surface area contributed by atoms with Crippen LogP contribution in [-0.2, 0) is 0 Å². The maximum Gasteiger partial charge on any atom is 0.272 e. The number of aromatic nitrogens is 1. The monoisotopic (exact) mass is 633 g/mol. The van der Waals surface area contributed by atoms with Crippen LogP contribution in [0.1, 0.15) is 38.6 Å². The van der Waals surface area contributed by atoms with E-state index in [9.17, 15) is 14.0 Å². The lowest BCUT2D eigenvalue weighted by atomic mass is 10.0. The molecule has 0 aliphatic rings. The van der Waals surface area contributed by atoms with Crippen LogP contribution in [0.15, 0.2) is 109 Å². The molecule has 4 aromatic carbocycles. The number of thiophene rings is 1. The van der Waals surface area contributed by atoms with Crippen molar-refractivity contribution in [3.63, 3.8) is 0 Å². The molecule has 0 saturated heterocycles. The lowest BCUT2D eigenvalue weighted by molar-refractivity contribution is 0.0948. The molecule has 232 valence electrons. The minimum Gasteiger partial charge on any atom is -0.493 e. The first-order chi connectivity index (χ1) is 22.4. The third kappa shape index (κ3) is 7.17. The van der Waals surface area contributed by atoms with Crippen LogP contribution in [0.25, 0.3) is 32.5 Å². The van der Waals surface area contributed by atoms with Gasteiger partial charge in [-0.1, -0.05) is 61.5 Å². The van der Waals surface area contributed by atoms with Gasteiger partial charge in [0, 0.05) is 33.9 Å². The first kappa shape index (κ1) is 30.8. The van der Waals surface area contributed by atoms with Gasteiger partial charge in [-0.25, -0.2) is 4.39 Å². The van der Waals surface area contributed by atoms with Gasteiger partial charge in [0.15, 0.2) is 0 Å². The summed E-state index contributed by atoms with van der Waals surface area (Å²) in [5, 5.41) is 15.2. The molecule has 2 aromatic heterocycles. The number of anilines is 1. The van der Waals surface area contributed by atoms with Crippen molar-refractivity contribution in [2.45, 2.75) is 12.8 Å². The molecule has 2 heterocycles. The molecule has 0 radical (unpaired) electrons. The van der Waals surface area contributed by atoms with E-state index >= 15 is 0 Å². The molecule has 2 amide bonds. The smallest absolute Gasteiger partial charge is 0.272 e. The van der Waals surface area contributed by atoms with E-state index in [0.29, 0.717) is 22.9 Å². The number of H-pyrrole nitrogens is 1. The molecule has 0 aliphatic heterocycles. The Morgan fingerprint density at radius 3 is 2.39 bits per heavy atom. The normalized spacial score (nSPS) is 11.7. The van der Waals surface area contributed by atoms with Gasteiger partial charge in [0.2, 0.25) is 0 Å². The third-order valence-electron chi connectivity index (χ3n) is 7.63. The van der Waals surface area contributed by atoms with Crippen molar-refractivity contribution >= 4 is 39.7 Å². The van der Waals surface area contributed by atoms with Gasteiger partial charge in [0.1, 0.15) is 17.3 Å². The largest absolute Gasteiger partial charge is 0.493 e. The summed E-state index contributed by atoms with van der Waals surface area (Å²) in [4.78, 5) is 29.7. The number of fused-ring (bicyclic) bond motifs is 1. The van der Waals surface area contributed by atoms with Crippen molar-refractivity contribution in [1.82, 2.24) is 10.3 Å². The van der Waals surface area contributed by atoms with E-state index in [0.717, 1.165) is 43.8 Å². The summed E-state index contributed by atoms with van der Waals surface area (Å²) in [6.45, 7) is 2.79. The number of aliphatic hydroxyl groups is 1. The van der Waals surface area contributed by atoms with E-state index in [2.05, 4.69) is 46.8 Å². The molecule has 7 nitrogen and oxygen atoms in total. The fourth-order valence-corrected chi connectivity index (χ4v) is 6.03. The van der Waals surface area contributed by atoms with Crippen molar-refractivity contribution in [2.75, 3.05) is 25.1 Å². The molecule has 46 heavy (non-hydrogen) atoms. The van der Waals surface area contributed by atoms with Crippen molar-refractivity contribution in [3.05, 3.63) is 131 Å². The predicted octanol–water partition coefficient (Wildman–Crippen LogP) is 7.86.